The summed E-state index contributed by atoms with van der Waals surface area (Å²) in [4.78, 5) is 23.6. The van der Waals surface area contributed by atoms with Crippen LogP contribution >= 0.6 is 0 Å². The van der Waals surface area contributed by atoms with Crippen molar-refractivity contribution < 1.29 is 9.18 Å². The third-order valence-corrected chi connectivity index (χ3v) is 6.18. The molecule has 1 aliphatic rings. The molecule has 0 saturated carbocycles. The van der Waals surface area contributed by atoms with Crippen LogP contribution in [0, 0.1) is 12.7 Å². The van der Waals surface area contributed by atoms with Crippen molar-refractivity contribution in [3.63, 3.8) is 0 Å². The molecule has 5 nitrogen and oxygen atoms in total. The van der Waals surface area contributed by atoms with E-state index in [0.717, 1.165) is 54.6 Å². The van der Waals surface area contributed by atoms with Crippen LogP contribution in [0.2, 0.25) is 0 Å². The molecule has 0 aliphatic carbocycles. The summed E-state index contributed by atoms with van der Waals surface area (Å²) < 4.78 is 13.4. The number of carbonyl (C=O) groups excluding carboxylic acids is 1. The highest BCUT2D eigenvalue weighted by Crippen LogP contribution is 2.28. The Labute approximate surface area is 188 Å². The minimum atomic E-state index is -0.184. The van der Waals surface area contributed by atoms with Crippen molar-refractivity contribution in [1.29, 1.82) is 0 Å². The monoisotopic (exact) mass is 432 g/mol. The number of carbonyl (C=O) groups is 1. The maximum Gasteiger partial charge on any atom is 0.222 e. The third-order valence-electron chi connectivity index (χ3n) is 6.18. The average molecular weight is 433 g/mol. The van der Waals surface area contributed by atoms with Gasteiger partial charge in [0.2, 0.25) is 5.91 Å². The lowest BCUT2D eigenvalue weighted by Crippen LogP contribution is -2.39. The number of rotatable bonds is 6. The highest BCUT2D eigenvalue weighted by atomic mass is 19.1. The Hall–Kier alpha value is -3.28. The number of nitrogens with zero attached hydrogens (tertiary/aromatic N) is 3. The molecule has 0 bridgehead atoms. The highest BCUT2D eigenvalue weighted by molar-refractivity contribution is 5.76. The van der Waals surface area contributed by atoms with E-state index in [-0.39, 0.29) is 17.6 Å². The van der Waals surface area contributed by atoms with Crippen LogP contribution in [0.1, 0.15) is 48.4 Å². The minimum Gasteiger partial charge on any atom is -0.384 e. The van der Waals surface area contributed by atoms with Crippen molar-refractivity contribution in [2.75, 3.05) is 18.8 Å². The number of nitrogens with two attached hydrogens (primary N) is 1. The van der Waals surface area contributed by atoms with E-state index in [1.165, 1.54) is 6.07 Å². The van der Waals surface area contributed by atoms with Crippen molar-refractivity contribution in [2.45, 2.75) is 44.9 Å². The van der Waals surface area contributed by atoms with E-state index < -0.39 is 0 Å². The van der Waals surface area contributed by atoms with Gasteiger partial charge in [-0.2, -0.15) is 0 Å². The summed E-state index contributed by atoms with van der Waals surface area (Å²) in [5, 5.41) is 0. The van der Waals surface area contributed by atoms with E-state index in [2.05, 4.69) is 22.1 Å². The first-order valence-corrected chi connectivity index (χ1v) is 11.2. The third kappa shape index (κ3) is 5.31. The molecule has 4 rings (SSSR count). The Balaban J connectivity index is 1.31. The summed E-state index contributed by atoms with van der Waals surface area (Å²) in [6.07, 6.45) is 7.71. The number of halogens is 1. The van der Waals surface area contributed by atoms with Crippen molar-refractivity contribution in [3.05, 3.63) is 77.5 Å². The summed E-state index contributed by atoms with van der Waals surface area (Å²) in [7, 11) is 0. The van der Waals surface area contributed by atoms with Gasteiger partial charge in [0, 0.05) is 54.6 Å². The summed E-state index contributed by atoms with van der Waals surface area (Å²) in [6.45, 7) is 3.29. The lowest BCUT2D eigenvalue weighted by atomic mass is 9.93. The maximum absolute atomic E-state index is 13.4. The molecule has 3 aromatic rings. The molecule has 166 valence electrons. The summed E-state index contributed by atoms with van der Waals surface area (Å²) in [5.41, 5.74) is 10.4. The van der Waals surface area contributed by atoms with Crippen LogP contribution in [0.25, 0.3) is 11.1 Å². The molecule has 2 aromatic heterocycles. The number of aryl methyl sites for hydroxylation is 2. The molecule has 1 saturated heterocycles. The lowest BCUT2D eigenvalue weighted by Gasteiger charge is -2.32. The summed E-state index contributed by atoms with van der Waals surface area (Å²) in [5.74, 6) is 0.762. The average Bonchev–Trinajstić information content (AvgIpc) is 2.82. The van der Waals surface area contributed by atoms with Crippen LogP contribution in [0.3, 0.4) is 0 Å². The second kappa shape index (κ2) is 9.90. The molecule has 1 aliphatic heterocycles. The molecular formula is C26H29FN4O. The Bertz CT molecular complexity index is 1070. The van der Waals surface area contributed by atoms with Gasteiger partial charge in [-0.15, -0.1) is 0 Å². The minimum absolute atomic E-state index is 0.184. The van der Waals surface area contributed by atoms with Crippen LogP contribution in [0.5, 0.6) is 0 Å². The van der Waals surface area contributed by atoms with Gasteiger partial charge in [-0.05, 0) is 68.0 Å². The zero-order valence-electron chi connectivity index (χ0n) is 18.4. The molecule has 0 radical (unpaired) electrons. The van der Waals surface area contributed by atoms with Gasteiger partial charge in [0.05, 0.1) is 0 Å². The summed E-state index contributed by atoms with van der Waals surface area (Å²) in [6, 6.07) is 13.0. The standard InChI is InChI=1S/C26H29FN4O/c1-18-14-19(7-10-23(18)27)4-2-6-26(32)31-13-3-5-22(17-31)24-11-8-20(15-29-24)21-9-12-25(28)30-16-21/h7-12,14-16,22H,2-6,13,17H2,1H3,(H2,28,30)/t22-/m0/s1. The fourth-order valence-electron chi connectivity index (χ4n) is 4.30. The number of nitrogen functional groups attached to an aromatic ring is 1. The molecule has 32 heavy (non-hydrogen) atoms. The molecule has 6 heteroatoms. The van der Waals surface area contributed by atoms with Crippen molar-refractivity contribution >= 4 is 11.7 Å². The molecule has 2 N–H and O–H groups in total. The Morgan fingerprint density at radius 3 is 2.59 bits per heavy atom. The van der Waals surface area contributed by atoms with E-state index in [9.17, 15) is 9.18 Å². The van der Waals surface area contributed by atoms with Gasteiger partial charge in [0.1, 0.15) is 11.6 Å². The van der Waals surface area contributed by atoms with Gasteiger partial charge in [-0.3, -0.25) is 9.78 Å². The van der Waals surface area contributed by atoms with Crippen LogP contribution in [0.15, 0.2) is 54.9 Å². The number of hydrogen-bond acceptors (Lipinski definition) is 4. The Morgan fingerprint density at radius 1 is 1.12 bits per heavy atom. The predicted octanol–water partition coefficient (Wildman–Crippen LogP) is 4.90. The first-order chi connectivity index (χ1) is 15.5. The number of likely N-dealkylation sites (tertiary alicyclic amines) is 1. The van der Waals surface area contributed by atoms with E-state index in [0.29, 0.717) is 24.3 Å². The first kappa shape index (κ1) is 21.9. The number of piperidine rings is 1. The van der Waals surface area contributed by atoms with Gasteiger partial charge < -0.3 is 10.6 Å². The lowest BCUT2D eigenvalue weighted by molar-refractivity contribution is -0.132. The Kier molecular flexibility index (Phi) is 6.78. The molecular weight excluding hydrogens is 403 g/mol. The smallest absolute Gasteiger partial charge is 0.222 e. The largest absolute Gasteiger partial charge is 0.384 e. The second-order valence-corrected chi connectivity index (χ2v) is 8.56. The SMILES string of the molecule is Cc1cc(CCCC(=O)N2CCC[C@H](c3ccc(-c4ccc(N)nc4)cn3)C2)ccc1F. The fourth-order valence-corrected chi connectivity index (χ4v) is 4.30. The number of aromatic nitrogens is 2. The van der Waals surface area contributed by atoms with Gasteiger partial charge in [-0.1, -0.05) is 18.2 Å². The maximum atomic E-state index is 13.4. The topological polar surface area (TPSA) is 72.1 Å². The summed E-state index contributed by atoms with van der Waals surface area (Å²) >= 11 is 0. The zero-order chi connectivity index (χ0) is 22.5. The van der Waals surface area contributed by atoms with Gasteiger partial charge in [-0.25, -0.2) is 9.37 Å². The first-order valence-electron chi connectivity index (χ1n) is 11.2. The van der Waals surface area contributed by atoms with E-state index >= 15 is 0 Å². The van der Waals surface area contributed by atoms with E-state index in [1.807, 2.05) is 23.2 Å². The number of amides is 1. The molecule has 1 amide bonds. The molecule has 1 aromatic carbocycles. The van der Waals surface area contributed by atoms with Crippen LogP contribution in [-0.4, -0.2) is 33.9 Å². The quantitative estimate of drug-likeness (QED) is 0.601. The van der Waals surface area contributed by atoms with Crippen LogP contribution < -0.4 is 5.73 Å². The van der Waals surface area contributed by atoms with Crippen molar-refractivity contribution in [1.82, 2.24) is 14.9 Å². The van der Waals surface area contributed by atoms with Gasteiger partial charge >= 0.3 is 0 Å². The van der Waals surface area contributed by atoms with Crippen molar-refractivity contribution in [2.24, 2.45) is 0 Å². The number of pyridine rings is 2. The molecule has 3 heterocycles. The Morgan fingerprint density at radius 2 is 1.91 bits per heavy atom. The second-order valence-electron chi connectivity index (χ2n) is 8.56. The molecule has 0 unspecified atom stereocenters. The molecule has 1 fully saturated rings. The number of benzene rings is 1. The molecule has 0 spiro atoms. The number of hydrogen-bond donors (Lipinski definition) is 1. The van der Waals surface area contributed by atoms with Gasteiger partial charge in [0.25, 0.3) is 0 Å². The number of anilines is 1. The van der Waals surface area contributed by atoms with Crippen LogP contribution in [-0.2, 0) is 11.2 Å². The molecule has 1 atom stereocenters. The zero-order valence-corrected chi connectivity index (χ0v) is 18.4. The predicted molar refractivity (Wildman–Crippen MR) is 125 cm³/mol. The van der Waals surface area contributed by atoms with Crippen LogP contribution in [0.4, 0.5) is 10.2 Å². The van der Waals surface area contributed by atoms with Gasteiger partial charge in [0.15, 0.2) is 0 Å². The van der Waals surface area contributed by atoms with E-state index in [1.54, 1.807) is 25.3 Å². The van der Waals surface area contributed by atoms with Crippen molar-refractivity contribution in [3.8, 4) is 11.1 Å². The fraction of sp³-hybridized carbons (Fsp3) is 0.346. The highest BCUT2D eigenvalue weighted by Gasteiger charge is 2.25. The van der Waals surface area contributed by atoms with E-state index in [4.69, 9.17) is 5.73 Å². The normalized spacial score (nSPS) is 16.2.